The van der Waals surface area contributed by atoms with Gasteiger partial charge in [-0.15, -0.1) is 0 Å². The maximum absolute atomic E-state index is 11.7. The summed E-state index contributed by atoms with van der Waals surface area (Å²) in [6.07, 6.45) is 0.910. The number of nitrogens with zero attached hydrogens (tertiary/aromatic N) is 1. The van der Waals surface area contributed by atoms with Crippen LogP contribution >= 0.6 is 0 Å². The molecule has 6 rings (SSSR count). The molecule has 4 heteroatoms. The monoisotopic (exact) mass is 247 g/mol. The van der Waals surface area contributed by atoms with Gasteiger partial charge in [0.1, 0.15) is 5.52 Å². The fraction of sp³-hybridized carbons (Fsp3) is 0.0667. The van der Waals surface area contributed by atoms with Crippen LogP contribution < -0.4 is 5.43 Å². The van der Waals surface area contributed by atoms with E-state index in [1.165, 1.54) is 21.9 Å². The zero-order valence-electron chi connectivity index (χ0n) is 9.95. The predicted molar refractivity (Wildman–Crippen MR) is 74.5 cm³/mol. The highest BCUT2D eigenvalue weighted by atomic mass is 16.1. The number of benzene rings is 1. The van der Waals surface area contributed by atoms with E-state index >= 15 is 0 Å². The molecule has 0 fully saturated rings. The number of aromatic nitrogens is 3. The molecule has 90 valence electrons. The average molecular weight is 247 g/mol. The Hall–Kier alpha value is -2.62. The summed E-state index contributed by atoms with van der Waals surface area (Å²) in [6, 6.07) is 9.40. The smallest absolute Gasteiger partial charge is 0.179 e. The standard InChI is InChI=1S/C15H9N3O/c19-8-2-1-3-9-10(6-8)12-5-7-4-11(9)13(12)15-14(7)16-18-17-15/h1-3,5-6,16,18H,4H2. The van der Waals surface area contributed by atoms with Gasteiger partial charge in [-0.25, -0.2) is 5.21 Å². The van der Waals surface area contributed by atoms with Gasteiger partial charge >= 0.3 is 0 Å². The van der Waals surface area contributed by atoms with Gasteiger partial charge in [-0.3, -0.25) is 9.89 Å². The van der Waals surface area contributed by atoms with E-state index in [1.807, 2.05) is 12.1 Å². The molecule has 0 spiro atoms. The molecule has 19 heavy (non-hydrogen) atoms. The first-order valence-electron chi connectivity index (χ1n) is 6.26. The molecule has 2 N–H and O–H groups in total. The lowest BCUT2D eigenvalue weighted by Gasteiger charge is -2.11. The molecule has 0 radical (unpaired) electrons. The quantitative estimate of drug-likeness (QED) is 0.441. The summed E-state index contributed by atoms with van der Waals surface area (Å²) in [5.74, 6) is 0. The zero-order valence-corrected chi connectivity index (χ0v) is 9.95. The van der Waals surface area contributed by atoms with Gasteiger partial charge in [0.25, 0.3) is 0 Å². The van der Waals surface area contributed by atoms with E-state index in [-0.39, 0.29) is 5.43 Å². The lowest BCUT2D eigenvalue weighted by atomic mass is 9.93. The Kier molecular flexibility index (Phi) is 1.40. The molecule has 2 aliphatic carbocycles. The molecule has 1 aromatic heterocycles. The summed E-state index contributed by atoms with van der Waals surface area (Å²) in [7, 11) is 0. The molecule has 0 saturated heterocycles. The summed E-state index contributed by atoms with van der Waals surface area (Å²) in [5, 5.41) is 14.8. The highest BCUT2D eigenvalue weighted by Crippen LogP contribution is 2.43. The van der Waals surface area contributed by atoms with Crippen molar-refractivity contribution in [3.05, 3.63) is 51.7 Å². The van der Waals surface area contributed by atoms with Crippen LogP contribution in [-0.4, -0.2) is 15.4 Å². The summed E-state index contributed by atoms with van der Waals surface area (Å²) < 4.78 is 0. The van der Waals surface area contributed by atoms with Gasteiger partial charge in [-0.05, 0) is 45.5 Å². The van der Waals surface area contributed by atoms with E-state index < -0.39 is 0 Å². The number of aromatic amines is 2. The Bertz CT molecular complexity index is 1060. The SMILES string of the molecule is O=c1cccc2c3c4c(cc(c5[nH][nH]nc54)C3)c2c1. The van der Waals surface area contributed by atoms with Crippen LogP contribution in [0, 0.1) is 0 Å². The Labute approximate surface area is 107 Å². The first kappa shape index (κ1) is 9.33. The van der Waals surface area contributed by atoms with E-state index in [0.29, 0.717) is 0 Å². The highest BCUT2D eigenvalue weighted by molar-refractivity contribution is 6.24. The van der Waals surface area contributed by atoms with Crippen molar-refractivity contribution >= 4 is 32.6 Å². The number of hydrogen-bond donors (Lipinski definition) is 2. The van der Waals surface area contributed by atoms with Crippen LogP contribution in [0.25, 0.3) is 32.6 Å². The molecule has 0 atom stereocenters. The van der Waals surface area contributed by atoms with Gasteiger partial charge in [0.2, 0.25) is 0 Å². The van der Waals surface area contributed by atoms with Crippen LogP contribution in [0.3, 0.4) is 0 Å². The maximum Gasteiger partial charge on any atom is 0.179 e. The van der Waals surface area contributed by atoms with Crippen molar-refractivity contribution in [2.75, 3.05) is 0 Å². The van der Waals surface area contributed by atoms with E-state index in [1.54, 1.807) is 12.1 Å². The fourth-order valence-corrected chi connectivity index (χ4v) is 3.36. The van der Waals surface area contributed by atoms with Crippen LogP contribution in [0.2, 0.25) is 0 Å². The third-order valence-corrected chi connectivity index (χ3v) is 4.12. The summed E-state index contributed by atoms with van der Waals surface area (Å²) in [5.41, 5.74) is 4.66. The lowest BCUT2D eigenvalue weighted by molar-refractivity contribution is 0.959. The van der Waals surface area contributed by atoms with Crippen LogP contribution in [-0.2, 0) is 6.42 Å². The maximum atomic E-state index is 11.7. The van der Waals surface area contributed by atoms with Gasteiger partial charge in [-0.2, -0.15) is 5.10 Å². The normalized spacial score (nSPS) is 13.3. The minimum Gasteiger partial charge on any atom is -0.290 e. The molecule has 3 aromatic carbocycles. The first-order valence-corrected chi connectivity index (χ1v) is 6.26. The number of rotatable bonds is 0. The summed E-state index contributed by atoms with van der Waals surface area (Å²) >= 11 is 0. The largest absolute Gasteiger partial charge is 0.290 e. The van der Waals surface area contributed by atoms with Gasteiger partial charge < -0.3 is 0 Å². The van der Waals surface area contributed by atoms with E-state index in [9.17, 15) is 4.79 Å². The molecule has 1 heterocycles. The Morgan fingerprint density at radius 3 is 3.00 bits per heavy atom. The van der Waals surface area contributed by atoms with Crippen LogP contribution in [0.15, 0.2) is 35.1 Å². The van der Waals surface area contributed by atoms with E-state index in [4.69, 9.17) is 0 Å². The van der Waals surface area contributed by atoms with Gasteiger partial charge in [0.15, 0.2) is 5.43 Å². The highest BCUT2D eigenvalue weighted by Gasteiger charge is 2.24. The fourth-order valence-electron chi connectivity index (χ4n) is 3.36. The van der Waals surface area contributed by atoms with Crippen molar-refractivity contribution in [3.8, 4) is 0 Å². The molecule has 4 bridgehead atoms. The predicted octanol–water partition coefficient (Wildman–Crippen LogP) is 2.46. The van der Waals surface area contributed by atoms with Crippen molar-refractivity contribution in [3.63, 3.8) is 0 Å². The minimum absolute atomic E-state index is 0.0468. The number of H-pyrrole nitrogens is 2. The van der Waals surface area contributed by atoms with Crippen LogP contribution in [0.4, 0.5) is 0 Å². The van der Waals surface area contributed by atoms with Crippen molar-refractivity contribution in [1.29, 1.82) is 0 Å². The lowest BCUT2D eigenvalue weighted by Crippen LogP contribution is -1.96. The molecule has 0 amide bonds. The van der Waals surface area contributed by atoms with Crippen LogP contribution in [0.5, 0.6) is 0 Å². The minimum atomic E-state index is 0.0468. The Balaban J connectivity index is 2.22. The average Bonchev–Trinajstić information content (AvgIpc) is 2.91. The van der Waals surface area contributed by atoms with Gasteiger partial charge in [0, 0.05) is 11.8 Å². The second kappa shape index (κ2) is 2.85. The molecule has 0 saturated carbocycles. The Morgan fingerprint density at radius 2 is 2.05 bits per heavy atom. The van der Waals surface area contributed by atoms with E-state index in [0.717, 1.165) is 28.2 Å². The van der Waals surface area contributed by atoms with Crippen molar-refractivity contribution < 1.29 is 0 Å². The Morgan fingerprint density at radius 1 is 1.11 bits per heavy atom. The molecular formula is C15H9N3O. The van der Waals surface area contributed by atoms with Gasteiger partial charge in [0.05, 0.1) is 5.52 Å². The second-order valence-corrected chi connectivity index (χ2v) is 5.09. The van der Waals surface area contributed by atoms with Crippen molar-refractivity contribution in [2.24, 2.45) is 0 Å². The molecule has 4 aromatic rings. The second-order valence-electron chi connectivity index (χ2n) is 5.09. The van der Waals surface area contributed by atoms with Crippen molar-refractivity contribution in [2.45, 2.75) is 6.42 Å². The molecule has 4 nitrogen and oxygen atoms in total. The summed E-state index contributed by atoms with van der Waals surface area (Å²) in [6.45, 7) is 0. The zero-order chi connectivity index (χ0) is 12.6. The van der Waals surface area contributed by atoms with Gasteiger partial charge in [-0.1, -0.05) is 12.1 Å². The van der Waals surface area contributed by atoms with Crippen molar-refractivity contribution in [1.82, 2.24) is 15.4 Å². The first-order chi connectivity index (χ1) is 9.33. The molecule has 2 aliphatic rings. The van der Waals surface area contributed by atoms with E-state index in [2.05, 4.69) is 21.5 Å². The third-order valence-electron chi connectivity index (χ3n) is 4.12. The van der Waals surface area contributed by atoms with Crippen LogP contribution in [0.1, 0.15) is 11.1 Å². The number of nitrogens with one attached hydrogen (secondary N) is 2. The number of fused-ring (bicyclic) bond motifs is 1. The molecular weight excluding hydrogens is 238 g/mol. The molecule has 0 unspecified atom stereocenters. The third kappa shape index (κ3) is 0.966. The number of hydrogen-bond acceptors (Lipinski definition) is 2. The summed E-state index contributed by atoms with van der Waals surface area (Å²) in [4.78, 5) is 11.7. The molecule has 0 aliphatic heterocycles. The topological polar surface area (TPSA) is 61.5 Å².